The molecule has 3 nitrogen and oxygen atoms in total. The quantitative estimate of drug-likeness (QED) is 0.765. The molecule has 0 aromatic heterocycles. The Labute approximate surface area is 158 Å². The molecule has 26 heavy (non-hydrogen) atoms. The number of hydrogen-bond acceptors (Lipinski definition) is 3. The van der Waals surface area contributed by atoms with Gasteiger partial charge in [-0.2, -0.15) is 0 Å². The van der Waals surface area contributed by atoms with Crippen LogP contribution in [-0.2, 0) is 13.1 Å². The fourth-order valence-electron chi connectivity index (χ4n) is 3.91. The van der Waals surface area contributed by atoms with Crippen molar-refractivity contribution in [2.24, 2.45) is 5.92 Å². The van der Waals surface area contributed by atoms with Crippen LogP contribution in [-0.4, -0.2) is 42.6 Å². The lowest BCUT2D eigenvalue weighted by molar-refractivity contribution is 0.130. The third-order valence-electron chi connectivity index (χ3n) is 5.40. The van der Waals surface area contributed by atoms with Crippen molar-refractivity contribution < 1.29 is 4.74 Å². The van der Waals surface area contributed by atoms with Gasteiger partial charge in [-0.3, -0.25) is 9.80 Å². The highest BCUT2D eigenvalue weighted by molar-refractivity contribution is 5.27. The molecule has 2 aromatic carbocycles. The summed E-state index contributed by atoms with van der Waals surface area (Å²) in [5.74, 6) is 1.58. The Morgan fingerprint density at radius 1 is 0.923 bits per heavy atom. The van der Waals surface area contributed by atoms with Gasteiger partial charge in [0.15, 0.2) is 0 Å². The van der Waals surface area contributed by atoms with Gasteiger partial charge in [0.05, 0.1) is 7.11 Å². The Kier molecular flexibility index (Phi) is 6.70. The van der Waals surface area contributed by atoms with Gasteiger partial charge in [0, 0.05) is 32.2 Å². The summed E-state index contributed by atoms with van der Waals surface area (Å²) in [4.78, 5) is 5.31. The molecule has 0 spiro atoms. The third-order valence-corrected chi connectivity index (χ3v) is 5.40. The molecule has 1 fully saturated rings. The second-order valence-electron chi connectivity index (χ2n) is 7.70. The summed E-state index contributed by atoms with van der Waals surface area (Å²) in [6.45, 7) is 10.3. The minimum Gasteiger partial charge on any atom is -0.497 e. The molecule has 2 aromatic rings. The smallest absolute Gasteiger partial charge is 0.118 e. The minimum atomic E-state index is 0.593. The summed E-state index contributed by atoms with van der Waals surface area (Å²) >= 11 is 0. The Bertz CT molecular complexity index is 654. The largest absolute Gasteiger partial charge is 0.497 e. The first kappa shape index (κ1) is 18.9. The fraction of sp³-hybridized carbons (Fsp3) is 0.478. The molecule has 3 heteroatoms. The molecular formula is C23H32N2O. The van der Waals surface area contributed by atoms with E-state index in [1.54, 1.807) is 7.11 Å². The highest BCUT2D eigenvalue weighted by Crippen LogP contribution is 2.21. The van der Waals surface area contributed by atoms with Crippen LogP contribution in [0.3, 0.4) is 0 Å². The number of ether oxygens (including phenoxy) is 1. The fourth-order valence-corrected chi connectivity index (χ4v) is 3.91. The van der Waals surface area contributed by atoms with Crippen LogP contribution in [0.25, 0.3) is 0 Å². The summed E-state index contributed by atoms with van der Waals surface area (Å²) in [7, 11) is 1.72. The van der Waals surface area contributed by atoms with Gasteiger partial charge in [0.25, 0.3) is 0 Å². The van der Waals surface area contributed by atoms with Gasteiger partial charge in [0.2, 0.25) is 0 Å². The molecule has 1 saturated heterocycles. The van der Waals surface area contributed by atoms with Crippen LogP contribution in [0.15, 0.2) is 54.6 Å². The van der Waals surface area contributed by atoms with E-state index in [1.807, 2.05) is 0 Å². The zero-order valence-corrected chi connectivity index (χ0v) is 16.4. The van der Waals surface area contributed by atoms with Gasteiger partial charge < -0.3 is 4.74 Å². The van der Waals surface area contributed by atoms with Crippen LogP contribution in [0.1, 0.15) is 31.4 Å². The van der Waals surface area contributed by atoms with E-state index in [1.165, 1.54) is 30.6 Å². The average molecular weight is 353 g/mol. The Hall–Kier alpha value is -1.84. The lowest BCUT2D eigenvalue weighted by Crippen LogP contribution is -2.43. The molecule has 0 radical (unpaired) electrons. The standard InChI is InChI=1S/C23H32N2O/c1-19(2)23-18-24(16-21-10-12-22(26-3)13-11-21)14-7-15-25(23)17-20-8-5-4-6-9-20/h4-6,8-13,19,23H,7,14-18H2,1-3H3/t23-/m1/s1. The SMILES string of the molecule is COc1ccc(CN2CCCN(Cc3ccccc3)[C@@H](C(C)C)C2)cc1. The van der Waals surface area contributed by atoms with E-state index in [2.05, 4.69) is 78.2 Å². The molecule has 0 N–H and O–H groups in total. The molecule has 0 amide bonds. The lowest BCUT2D eigenvalue weighted by atomic mass is 10.0. The molecule has 1 aliphatic rings. The molecule has 1 aliphatic heterocycles. The summed E-state index contributed by atoms with van der Waals surface area (Å²) in [5.41, 5.74) is 2.78. The zero-order chi connectivity index (χ0) is 18.4. The average Bonchev–Trinajstić information content (AvgIpc) is 2.86. The van der Waals surface area contributed by atoms with Crippen molar-refractivity contribution in [1.82, 2.24) is 9.80 Å². The number of methoxy groups -OCH3 is 1. The van der Waals surface area contributed by atoms with Crippen molar-refractivity contribution in [1.29, 1.82) is 0 Å². The molecule has 1 atom stereocenters. The predicted octanol–water partition coefficient (Wildman–Crippen LogP) is 4.43. The van der Waals surface area contributed by atoms with Gasteiger partial charge >= 0.3 is 0 Å². The van der Waals surface area contributed by atoms with E-state index in [0.29, 0.717) is 12.0 Å². The highest BCUT2D eigenvalue weighted by Gasteiger charge is 2.27. The maximum Gasteiger partial charge on any atom is 0.118 e. The molecule has 3 rings (SSSR count). The van der Waals surface area contributed by atoms with Crippen LogP contribution >= 0.6 is 0 Å². The van der Waals surface area contributed by atoms with Gasteiger partial charge in [0.1, 0.15) is 5.75 Å². The second-order valence-corrected chi connectivity index (χ2v) is 7.70. The summed E-state index contributed by atoms with van der Waals surface area (Å²) in [6, 6.07) is 20.0. The maximum absolute atomic E-state index is 5.28. The maximum atomic E-state index is 5.28. The molecule has 0 saturated carbocycles. The van der Waals surface area contributed by atoms with Gasteiger partial charge in [-0.25, -0.2) is 0 Å². The molecule has 1 heterocycles. The molecule has 0 bridgehead atoms. The van der Waals surface area contributed by atoms with E-state index >= 15 is 0 Å². The number of nitrogens with zero attached hydrogens (tertiary/aromatic N) is 2. The van der Waals surface area contributed by atoms with Gasteiger partial charge in [-0.1, -0.05) is 56.3 Å². The molecule has 0 aliphatic carbocycles. The van der Waals surface area contributed by atoms with Crippen LogP contribution in [0.4, 0.5) is 0 Å². The normalized spacial score (nSPS) is 19.5. The van der Waals surface area contributed by atoms with Crippen molar-refractivity contribution in [2.75, 3.05) is 26.7 Å². The van der Waals surface area contributed by atoms with Crippen LogP contribution in [0, 0.1) is 5.92 Å². The molecule has 0 unspecified atom stereocenters. The minimum absolute atomic E-state index is 0.593. The number of benzene rings is 2. The Balaban J connectivity index is 1.67. The van der Waals surface area contributed by atoms with Crippen molar-refractivity contribution in [3.63, 3.8) is 0 Å². The van der Waals surface area contributed by atoms with E-state index in [-0.39, 0.29) is 0 Å². The Morgan fingerprint density at radius 3 is 2.27 bits per heavy atom. The second kappa shape index (κ2) is 9.20. The van der Waals surface area contributed by atoms with Crippen LogP contribution in [0.2, 0.25) is 0 Å². The lowest BCUT2D eigenvalue weighted by Gasteiger charge is -2.34. The molecular weight excluding hydrogens is 320 g/mol. The van der Waals surface area contributed by atoms with Crippen molar-refractivity contribution in [3.8, 4) is 5.75 Å². The van der Waals surface area contributed by atoms with Crippen molar-refractivity contribution in [2.45, 2.75) is 39.4 Å². The summed E-state index contributed by atoms with van der Waals surface area (Å²) < 4.78 is 5.28. The van der Waals surface area contributed by atoms with E-state index < -0.39 is 0 Å². The highest BCUT2D eigenvalue weighted by atomic mass is 16.5. The first-order valence-electron chi connectivity index (χ1n) is 9.79. The number of hydrogen-bond donors (Lipinski definition) is 0. The van der Waals surface area contributed by atoms with Gasteiger partial charge in [-0.15, -0.1) is 0 Å². The summed E-state index contributed by atoms with van der Waals surface area (Å²) in [6.07, 6.45) is 1.23. The van der Waals surface area contributed by atoms with Crippen LogP contribution < -0.4 is 4.74 Å². The van der Waals surface area contributed by atoms with Crippen molar-refractivity contribution >= 4 is 0 Å². The zero-order valence-electron chi connectivity index (χ0n) is 16.4. The predicted molar refractivity (Wildman–Crippen MR) is 108 cm³/mol. The first-order chi connectivity index (χ1) is 12.7. The summed E-state index contributed by atoms with van der Waals surface area (Å²) in [5, 5.41) is 0. The van der Waals surface area contributed by atoms with Crippen molar-refractivity contribution in [3.05, 3.63) is 65.7 Å². The Morgan fingerprint density at radius 2 is 1.62 bits per heavy atom. The van der Waals surface area contributed by atoms with Gasteiger partial charge in [-0.05, 0) is 42.1 Å². The van der Waals surface area contributed by atoms with E-state index in [0.717, 1.165) is 25.4 Å². The van der Waals surface area contributed by atoms with E-state index in [9.17, 15) is 0 Å². The van der Waals surface area contributed by atoms with Crippen LogP contribution in [0.5, 0.6) is 5.75 Å². The van der Waals surface area contributed by atoms with E-state index in [4.69, 9.17) is 4.74 Å². The monoisotopic (exact) mass is 352 g/mol. The topological polar surface area (TPSA) is 15.7 Å². The third kappa shape index (κ3) is 5.09. The molecule has 140 valence electrons. The first-order valence-corrected chi connectivity index (χ1v) is 9.79. The number of rotatable bonds is 6.